The van der Waals surface area contributed by atoms with Crippen LogP contribution in [0.25, 0.3) is 0 Å². The van der Waals surface area contributed by atoms with Crippen molar-refractivity contribution in [2.24, 2.45) is 37.4 Å². The maximum atomic E-state index is 12.9. The minimum absolute atomic E-state index is 0.108. The number of guanidine groups is 1. The molecule has 2 aliphatic heterocycles. The monoisotopic (exact) mass is 737 g/mol. The second kappa shape index (κ2) is 13.6. The van der Waals surface area contributed by atoms with Gasteiger partial charge in [-0.25, -0.2) is 4.99 Å². The first-order valence-corrected chi connectivity index (χ1v) is 14.6. The van der Waals surface area contributed by atoms with Crippen molar-refractivity contribution >= 4 is 63.3 Å². The third kappa shape index (κ3) is 7.36. The summed E-state index contributed by atoms with van der Waals surface area (Å²) in [5, 5.41) is 11.5. The number of hydrazone groups is 1. The topological polar surface area (TPSA) is 189 Å². The zero-order valence-electron chi connectivity index (χ0n) is 20.9. The predicted molar refractivity (Wildman–Crippen MR) is 144 cm³/mol. The van der Waals surface area contributed by atoms with Gasteiger partial charge in [0.15, 0.2) is 0 Å². The molecule has 0 aromatic rings. The second-order valence-corrected chi connectivity index (χ2v) is 11.6. The molecule has 1 saturated heterocycles. The van der Waals surface area contributed by atoms with Crippen molar-refractivity contribution in [1.29, 1.82) is 0 Å². The summed E-state index contributed by atoms with van der Waals surface area (Å²) in [4.78, 5) is 40.1. The van der Waals surface area contributed by atoms with Crippen molar-refractivity contribution in [3.63, 3.8) is 0 Å². The third-order valence-electron chi connectivity index (χ3n) is 6.17. The van der Waals surface area contributed by atoms with Crippen LogP contribution in [0.4, 0.5) is 4.39 Å². The van der Waals surface area contributed by atoms with E-state index < -0.39 is 18.8 Å². The molecule has 38 heavy (non-hydrogen) atoms. The van der Waals surface area contributed by atoms with E-state index in [2.05, 4.69) is 30.4 Å². The van der Waals surface area contributed by atoms with E-state index in [4.69, 9.17) is 29.8 Å². The first-order chi connectivity index (χ1) is 18.0. The summed E-state index contributed by atoms with van der Waals surface area (Å²) in [5.41, 5.74) is 18.7. The Labute approximate surface area is 240 Å². The van der Waals surface area contributed by atoms with Crippen LogP contribution in [0.5, 0.6) is 0 Å². The van der Waals surface area contributed by atoms with Crippen LogP contribution in [0.15, 0.2) is 31.5 Å². The van der Waals surface area contributed by atoms with Crippen molar-refractivity contribution in [3.05, 3.63) is 11.3 Å². The molecule has 2 heterocycles. The fourth-order valence-electron chi connectivity index (χ4n) is 4.04. The predicted octanol–water partition coefficient (Wildman–Crippen LogP) is -1.000. The van der Waals surface area contributed by atoms with Gasteiger partial charge in [0.25, 0.3) is 0 Å². The number of carbonyl (C=O) groups excluding carboxylic acids is 2. The number of nitrogens with two attached hydrogens (primary N) is 3. The number of alkyl halides is 1. The van der Waals surface area contributed by atoms with Gasteiger partial charge in [0, 0.05) is 13.1 Å². The standard InChI is InChI=1S/C21H31FN10O3S2.W/c1-11-12(7-27-31(2)20(24)28-14-5-3-13(23)4-6-14)9-37-19-16(18(34)32(11)19)29-17(33)15(30-35-10-22)8-26-21(25)36;/h7,13-14,16,19,36H,3-6,9-10,23,25H2,1-2H3,(H2,24,28)(H,29,33);/p-1/b27-7+,30-15-;/t13?,14?,16-,19?;/m1./s1. The zero-order valence-corrected chi connectivity index (χ0v) is 25.4. The molecular formula is C21H30FN10O3S2W-. The number of allylic oxidation sites excluding steroid dienone is 1. The van der Waals surface area contributed by atoms with Gasteiger partial charge >= 0.3 is 174 Å². The van der Waals surface area contributed by atoms with E-state index in [-0.39, 0.29) is 38.3 Å². The van der Waals surface area contributed by atoms with E-state index in [0.29, 0.717) is 31.1 Å². The number of hydrogen-bond acceptors (Lipinski definition) is 10. The van der Waals surface area contributed by atoms with Gasteiger partial charge in [0.1, 0.15) is 0 Å². The molecule has 1 aliphatic carbocycles. The number of nitrogens with one attached hydrogen (secondary N) is 1. The number of oxime groups is 1. The molecule has 2 atom stereocenters. The van der Waals surface area contributed by atoms with Gasteiger partial charge in [-0.1, -0.05) is 0 Å². The van der Waals surface area contributed by atoms with Crippen molar-refractivity contribution < 1.29 is 38.2 Å². The van der Waals surface area contributed by atoms with Gasteiger partial charge in [-0.2, -0.15) is 0 Å². The summed E-state index contributed by atoms with van der Waals surface area (Å²) >= 11 is 6.90. The van der Waals surface area contributed by atoms with E-state index in [1.165, 1.54) is 16.8 Å². The molecule has 0 aromatic carbocycles. The minimum atomic E-state index is -1.24. The molecule has 3 aliphatic rings. The average Bonchev–Trinajstić information content (AvgIpc) is 2.87. The van der Waals surface area contributed by atoms with Crippen LogP contribution < -0.4 is 22.5 Å². The Morgan fingerprint density at radius 1 is 1.37 bits per heavy atom. The molecule has 208 valence electrons. The van der Waals surface area contributed by atoms with Crippen LogP contribution in [0.1, 0.15) is 32.6 Å². The summed E-state index contributed by atoms with van der Waals surface area (Å²) in [5.74, 6) is -0.174. The Hall–Kier alpha value is -2.42. The Kier molecular flexibility index (Phi) is 10.8. The molecule has 1 saturated carbocycles. The molecule has 7 N–H and O–H groups in total. The molecular weight excluding hydrogens is 707 g/mol. The number of aliphatic imine (C=N–C) groups is 2. The number of β-lactam (4-membered cyclic amide) rings is 1. The Bertz CT molecular complexity index is 1100. The van der Waals surface area contributed by atoms with E-state index in [0.717, 1.165) is 37.0 Å². The van der Waals surface area contributed by atoms with Gasteiger partial charge in [-0.15, -0.1) is 0 Å². The number of rotatable bonds is 9. The Morgan fingerprint density at radius 3 is 2.68 bits per heavy atom. The van der Waals surface area contributed by atoms with Crippen LogP contribution >= 0.6 is 11.8 Å². The summed E-state index contributed by atoms with van der Waals surface area (Å²) in [7, 11) is 1.72. The summed E-state index contributed by atoms with van der Waals surface area (Å²) < 4.78 is 12.6. The van der Waals surface area contributed by atoms with E-state index in [1.807, 2.05) is 6.92 Å². The van der Waals surface area contributed by atoms with Gasteiger partial charge in [-0.3, -0.25) is 0 Å². The van der Waals surface area contributed by atoms with Crippen LogP contribution in [0, 0.1) is 0 Å². The zero-order chi connectivity index (χ0) is 28.0. The summed E-state index contributed by atoms with van der Waals surface area (Å²) in [6.45, 7) is 0.578. The van der Waals surface area contributed by atoms with Gasteiger partial charge in [0.05, 0.1) is 6.04 Å². The maximum absolute atomic E-state index is 12.9. The number of fused-ring (bicyclic) bond motifs is 1. The van der Waals surface area contributed by atoms with Crippen LogP contribution in [-0.4, -0.2) is 92.0 Å². The number of amides is 2. The second-order valence-electron chi connectivity index (χ2n) is 8.73. The van der Waals surface area contributed by atoms with Crippen molar-refractivity contribution in [2.45, 2.75) is 56.1 Å². The number of hydrogen-bond donors (Lipinski definition) is 4. The van der Waals surface area contributed by atoms with E-state index in [1.54, 1.807) is 18.2 Å². The van der Waals surface area contributed by atoms with Gasteiger partial charge < -0.3 is 11.5 Å². The van der Waals surface area contributed by atoms with E-state index in [9.17, 15) is 14.0 Å². The molecule has 0 aromatic heterocycles. The Balaban J connectivity index is 1.64. The van der Waals surface area contributed by atoms with E-state index >= 15 is 0 Å². The van der Waals surface area contributed by atoms with Crippen molar-refractivity contribution in [1.82, 2.24) is 15.2 Å². The number of carbonyl (C=O) groups is 2. The number of halogens is 1. The quantitative estimate of drug-likeness (QED) is 0.0757. The third-order valence-corrected chi connectivity index (χ3v) is 8.59. The van der Waals surface area contributed by atoms with Crippen molar-refractivity contribution in [3.8, 4) is 0 Å². The molecule has 0 spiro atoms. The molecule has 0 radical (unpaired) electrons. The number of nitrogens with zero attached hydrogens (tertiary/aromatic N) is 6. The SMILES string of the molecule is CC1=C(/C=N/N(C)C(N)=NC2CCC(N)CC2)CSC2[C@H](NC(=O)/C(=N\OCF)[C](=[W])N=C(N)[S-])C(=O)N12. The number of amidine groups is 1. The summed E-state index contributed by atoms with van der Waals surface area (Å²) in [6, 6.07) is -0.432. The first-order valence-electron chi connectivity index (χ1n) is 11.7. The number of thioether (sulfide) groups is 1. The molecule has 1 unspecified atom stereocenters. The average molecular weight is 738 g/mol. The molecule has 3 rings (SSSR count). The van der Waals surface area contributed by atoms with Crippen LogP contribution in [-0.2, 0) is 46.4 Å². The normalized spacial score (nSPS) is 26.7. The fraction of sp³-hybridized carbons (Fsp3) is 0.571. The molecule has 17 heteroatoms. The van der Waals surface area contributed by atoms with Gasteiger partial charge in [-0.05, 0) is 25.7 Å². The van der Waals surface area contributed by atoms with Crippen LogP contribution in [0.2, 0.25) is 0 Å². The van der Waals surface area contributed by atoms with Crippen LogP contribution in [0.3, 0.4) is 0 Å². The van der Waals surface area contributed by atoms with Crippen molar-refractivity contribution in [2.75, 3.05) is 19.7 Å². The first kappa shape index (κ1) is 30.1. The molecule has 2 amide bonds. The molecule has 2 fully saturated rings. The molecule has 13 nitrogen and oxygen atoms in total. The molecule has 0 bridgehead atoms. The Morgan fingerprint density at radius 2 is 2.05 bits per heavy atom. The fourth-order valence-corrected chi connectivity index (χ4v) is 6.60. The van der Waals surface area contributed by atoms with Gasteiger partial charge in [0.2, 0.25) is 5.96 Å². The summed E-state index contributed by atoms with van der Waals surface area (Å²) in [6.07, 6.45) is 5.33.